The van der Waals surface area contributed by atoms with Crippen LogP contribution in [-0.4, -0.2) is 49.4 Å². The predicted octanol–water partition coefficient (Wildman–Crippen LogP) is 5.78. The van der Waals surface area contributed by atoms with Gasteiger partial charge in [0.15, 0.2) is 10.8 Å². The molecular formula is C24H20ClF4N5OS. The molecule has 4 heterocycles. The van der Waals surface area contributed by atoms with Crippen molar-refractivity contribution in [3.8, 4) is 0 Å². The van der Waals surface area contributed by atoms with E-state index < -0.39 is 24.0 Å². The van der Waals surface area contributed by atoms with Gasteiger partial charge in [-0.3, -0.25) is 0 Å². The number of thiazole rings is 1. The lowest BCUT2D eigenvalue weighted by atomic mass is 9.89. The Balaban J connectivity index is 1.77. The highest BCUT2D eigenvalue weighted by Crippen LogP contribution is 2.45. The summed E-state index contributed by atoms with van der Waals surface area (Å²) in [5.41, 5.74) is -0.104. The molecule has 6 nitrogen and oxygen atoms in total. The fourth-order valence-electron chi connectivity index (χ4n) is 4.30. The van der Waals surface area contributed by atoms with Crippen molar-refractivity contribution in [1.29, 1.82) is 0 Å². The molecule has 0 saturated carbocycles. The molecule has 188 valence electrons. The molecule has 36 heavy (non-hydrogen) atoms. The molecule has 1 unspecified atom stereocenters. The van der Waals surface area contributed by atoms with Crippen LogP contribution in [0.2, 0.25) is 5.02 Å². The number of alkyl halides is 3. The fourth-order valence-corrected chi connectivity index (χ4v) is 5.19. The Labute approximate surface area is 212 Å². The highest BCUT2D eigenvalue weighted by molar-refractivity contribution is 7.11. The van der Waals surface area contributed by atoms with E-state index in [9.17, 15) is 18.3 Å². The molecule has 0 bridgehead atoms. The Morgan fingerprint density at radius 2 is 2.08 bits per heavy atom. The fraction of sp³-hybridized carbons (Fsp3) is 0.292. The molecule has 2 atom stereocenters. The van der Waals surface area contributed by atoms with Gasteiger partial charge in [0.25, 0.3) is 0 Å². The van der Waals surface area contributed by atoms with Crippen molar-refractivity contribution >= 4 is 40.0 Å². The average molecular weight is 538 g/mol. The van der Waals surface area contributed by atoms with E-state index in [1.54, 1.807) is 29.5 Å². The van der Waals surface area contributed by atoms with Crippen LogP contribution in [0, 0.1) is 11.7 Å². The maximum absolute atomic E-state index is 16.2. The van der Waals surface area contributed by atoms with Crippen LogP contribution in [0.4, 0.5) is 17.6 Å². The highest BCUT2D eigenvalue weighted by Gasteiger charge is 2.48. The van der Waals surface area contributed by atoms with Gasteiger partial charge in [0, 0.05) is 53.6 Å². The van der Waals surface area contributed by atoms with Crippen molar-refractivity contribution in [2.75, 3.05) is 13.2 Å². The third-order valence-corrected chi connectivity index (χ3v) is 7.44. The van der Waals surface area contributed by atoms with Gasteiger partial charge in [-0.15, -0.1) is 11.3 Å². The number of nitrogens with zero attached hydrogens (tertiary/aromatic N) is 5. The summed E-state index contributed by atoms with van der Waals surface area (Å²) in [6.45, 7) is -1.76. The monoisotopic (exact) mass is 537 g/mol. The first-order valence-electron chi connectivity index (χ1n) is 11.0. The summed E-state index contributed by atoms with van der Waals surface area (Å²) in [6, 6.07) is 5.27. The smallest absolute Gasteiger partial charge is 0.333 e. The van der Waals surface area contributed by atoms with Gasteiger partial charge in [0.1, 0.15) is 11.5 Å². The summed E-state index contributed by atoms with van der Waals surface area (Å²) in [7, 11) is 0. The van der Waals surface area contributed by atoms with Crippen LogP contribution >= 0.6 is 22.9 Å². The third-order valence-electron chi connectivity index (χ3n) is 6.35. The first-order valence-corrected chi connectivity index (χ1v) is 12.3. The van der Waals surface area contributed by atoms with Gasteiger partial charge in [0.2, 0.25) is 0 Å². The summed E-state index contributed by atoms with van der Waals surface area (Å²) >= 11 is 7.65. The van der Waals surface area contributed by atoms with E-state index in [1.807, 2.05) is 0 Å². The molecule has 1 N–H and O–H groups in total. The summed E-state index contributed by atoms with van der Waals surface area (Å²) in [5, 5.41) is 16.1. The van der Waals surface area contributed by atoms with Gasteiger partial charge in [0.05, 0.1) is 23.0 Å². The number of aliphatic hydroxyl groups excluding tert-OH is 1. The van der Waals surface area contributed by atoms with Crippen LogP contribution in [0.1, 0.15) is 36.2 Å². The molecule has 0 radical (unpaired) electrons. The van der Waals surface area contributed by atoms with E-state index >= 15 is 4.39 Å². The number of aromatic nitrogens is 3. The van der Waals surface area contributed by atoms with Gasteiger partial charge in [-0.25, -0.2) is 23.4 Å². The van der Waals surface area contributed by atoms with Crippen molar-refractivity contribution < 1.29 is 22.7 Å². The van der Waals surface area contributed by atoms with Crippen LogP contribution < -0.4 is 0 Å². The Kier molecular flexibility index (Phi) is 6.48. The van der Waals surface area contributed by atoms with Crippen molar-refractivity contribution in [2.45, 2.75) is 25.6 Å². The van der Waals surface area contributed by atoms with E-state index in [0.717, 1.165) is 12.3 Å². The molecule has 1 aromatic carbocycles. The number of amidine groups is 1. The summed E-state index contributed by atoms with van der Waals surface area (Å²) in [4.78, 5) is 10.8. The number of fused-ring (bicyclic) bond motifs is 1. The van der Waals surface area contributed by atoms with Crippen molar-refractivity contribution in [2.24, 2.45) is 10.9 Å². The second-order valence-electron chi connectivity index (χ2n) is 8.63. The quantitative estimate of drug-likeness (QED) is 0.405. The maximum Gasteiger partial charge on any atom is 0.333 e. The Hall–Kier alpha value is -3.02. The molecule has 2 aromatic heterocycles. The molecule has 0 amide bonds. The van der Waals surface area contributed by atoms with Crippen LogP contribution in [0.5, 0.6) is 0 Å². The predicted molar refractivity (Wildman–Crippen MR) is 130 cm³/mol. The van der Waals surface area contributed by atoms with Crippen LogP contribution in [0.3, 0.4) is 0 Å². The number of aliphatic imine (C=N–C) groups is 1. The lowest BCUT2D eigenvalue weighted by Crippen LogP contribution is -2.39. The molecule has 5 rings (SSSR count). The van der Waals surface area contributed by atoms with Gasteiger partial charge in [-0.1, -0.05) is 18.5 Å². The number of hydrogen-bond acceptors (Lipinski definition) is 6. The van der Waals surface area contributed by atoms with Gasteiger partial charge in [-0.2, -0.15) is 13.9 Å². The number of benzene rings is 1. The Morgan fingerprint density at radius 1 is 1.28 bits per heavy atom. The van der Waals surface area contributed by atoms with E-state index in [4.69, 9.17) is 16.6 Å². The second kappa shape index (κ2) is 9.45. The zero-order chi connectivity index (χ0) is 25.6. The van der Waals surface area contributed by atoms with Crippen LogP contribution in [0.25, 0.3) is 11.3 Å². The summed E-state index contributed by atoms with van der Waals surface area (Å²) < 4.78 is 57.1. The number of allylic oxidation sites excluding steroid dienone is 3. The molecule has 0 spiro atoms. The van der Waals surface area contributed by atoms with Gasteiger partial charge in [-0.05, 0) is 30.3 Å². The van der Waals surface area contributed by atoms with Crippen molar-refractivity contribution in [3.63, 3.8) is 0 Å². The van der Waals surface area contributed by atoms with E-state index in [-0.39, 0.29) is 30.3 Å². The number of aliphatic hydroxyl groups is 1. The number of halogens is 5. The molecular weight excluding hydrogens is 518 g/mol. The summed E-state index contributed by atoms with van der Waals surface area (Å²) in [5.74, 6) is -0.902. The zero-order valence-corrected chi connectivity index (χ0v) is 20.4. The van der Waals surface area contributed by atoms with Crippen LogP contribution in [0.15, 0.2) is 58.8 Å². The zero-order valence-electron chi connectivity index (χ0n) is 18.9. The minimum atomic E-state index is -2.86. The highest BCUT2D eigenvalue weighted by atomic mass is 35.5. The lowest BCUT2D eigenvalue weighted by molar-refractivity contribution is 0.0564. The molecule has 1 fully saturated rings. The number of rotatable bonds is 6. The standard InChI is InChI=1S/C24H20ClF4N5OS/c1-13(11-35)24(29)10-20-16(18-4-6-34(32-18)23(27)28)9-19(15-3-2-14(26)8-17(15)25)31-21(33(20)12-24)22-30-5-7-36-22/h2-9,13,23,35H,10-12H2,1H3/t13-,24?/m0/s1. The topological polar surface area (TPSA) is 66.5 Å². The largest absolute Gasteiger partial charge is 0.396 e. The minimum Gasteiger partial charge on any atom is -0.396 e. The molecule has 2 aliphatic rings. The summed E-state index contributed by atoms with van der Waals surface area (Å²) in [6.07, 6.45) is 4.20. The van der Waals surface area contributed by atoms with Gasteiger partial charge < -0.3 is 10.0 Å². The van der Waals surface area contributed by atoms with Crippen molar-refractivity contribution in [1.82, 2.24) is 19.7 Å². The van der Waals surface area contributed by atoms with E-state index in [2.05, 4.69) is 10.1 Å². The second-order valence-corrected chi connectivity index (χ2v) is 9.93. The lowest BCUT2D eigenvalue weighted by Gasteiger charge is -2.26. The molecule has 1 saturated heterocycles. The maximum atomic E-state index is 16.2. The average Bonchev–Trinajstić information content (AvgIpc) is 3.59. The molecule has 2 aliphatic heterocycles. The first kappa shape index (κ1) is 24.7. The molecule has 3 aromatic rings. The van der Waals surface area contributed by atoms with Crippen molar-refractivity contribution in [3.05, 3.63) is 80.9 Å². The third kappa shape index (κ3) is 4.35. The SMILES string of the molecule is C[C@@H](CO)C1(F)CC2=C(c3ccn(C(F)F)n3)C=C(c3ccc(F)cc3Cl)N=C(c3nccs3)N2C1. The minimum absolute atomic E-state index is 0.0988. The Morgan fingerprint density at radius 3 is 2.72 bits per heavy atom. The molecule has 12 heteroatoms. The van der Waals surface area contributed by atoms with Crippen LogP contribution in [-0.2, 0) is 0 Å². The Bertz CT molecular complexity index is 1390. The number of hydrogen-bond donors (Lipinski definition) is 1. The van der Waals surface area contributed by atoms with E-state index in [1.165, 1.54) is 29.5 Å². The first-order chi connectivity index (χ1) is 17.2. The van der Waals surface area contributed by atoms with E-state index in [0.29, 0.717) is 38.1 Å². The van der Waals surface area contributed by atoms with Gasteiger partial charge >= 0.3 is 6.55 Å². The molecule has 0 aliphatic carbocycles. The normalized spacial score (nSPS) is 20.9.